The van der Waals surface area contributed by atoms with Gasteiger partial charge in [0, 0.05) is 0 Å². The maximum Gasteiger partial charge on any atom is 0.242 e. The summed E-state index contributed by atoms with van der Waals surface area (Å²) in [6.07, 6.45) is 0. The second-order valence-electron chi connectivity index (χ2n) is 5.59. The van der Waals surface area contributed by atoms with Gasteiger partial charge < -0.3 is 4.52 Å². The predicted octanol–water partition coefficient (Wildman–Crippen LogP) is 2.97. The Hall–Kier alpha value is -2.58. The van der Waals surface area contributed by atoms with Crippen molar-refractivity contribution in [2.45, 2.75) is 25.3 Å². The van der Waals surface area contributed by atoms with Crippen molar-refractivity contribution in [1.82, 2.24) is 14.9 Å². The number of halogens is 1. The first-order chi connectivity index (χ1) is 11.9. The van der Waals surface area contributed by atoms with Crippen molar-refractivity contribution < 1.29 is 17.3 Å². The van der Waals surface area contributed by atoms with Crippen LogP contribution >= 0.6 is 0 Å². The van der Waals surface area contributed by atoms with E-state index < -0.39 is 15.8 Å². The van der Waals surface area contributed by atoms with Crippen molar-refractivity contribution in [3.8, 4) is 11.4 Å². The van der Waals surface area contributed by atoms with Crippen molar-refractivity contribution in [1.29, 1.82) is 0 Å². The first kappa shape index (κ1) is 17.2. The lowest BCUT2D eigenvalue weighted by Gasteiger charge is -2.08. The highest BCUT2D eigenvalue weighted by atomic mass is 32.2. The zero-order valence-corrected chi connectivity index (χ0v) is 14.5. The van der Waals surface area contributed by atoms with E-state index in [1.54, 1.807) is 31.2 Å². The summed E-state index contributed by atoms with van der Waals surface area (Å²) in [5.74, 6) is -0.364. The maximum absolute atomic E-state index is 13.7. The summed E-state index contributed by atoms with van der Waals surface area (Å²) in [4.78, 5) is 4.23. The Morgan fingerprint density at radius 2 is 1.92 bits per heavy atom. The summed E-state index contributed by atoms with van der Waals surface area (Å²) >= 11 is 0. The number of sulfonamides is 1. The molecule has 0 fully saturated rings. The smallest absolute Gasteiger partial charge is 0.242 e. The van der Waals surface area contributed by atoms with E-state index in [0.29, 0.717) is 5.56 Å². The van der Waals surface area contributed by atoms with E-state index in [4.69, 9.17) is 4.52 Å². The average Bonchev–Trinajstić information content (AvgIpc) is 3.04. The van der Waals surface area contributed by atoms with Crippen LogP contribution in [0.25, 0.3) is 11.4 Å². The van der Waals surface area contributed by atoms with Gasteiger partial charge in [0.1, 0.15) is 5.82 Å². The summed E-state index contributed by atoms with van der Waals surface area (Å²) in [5, 5.41) is 3.69. The van der Waals surface area contributed by atoms with Crippen molar-refractivity contribution >= 4 is 10.0 Å². The van der Waals surface area contributed by atoms with Crippen LogP contribution in [0, 0.1) is 19.7 Å². The minimum atomic E-state index is -3.73. The van der Waals surface area contributed by atoms with Gasteiger partial charge in [-0.05, 0) is 43.2 Å². The molecular weight excluding hydrogens is 345 g/mol. The molecule has 0 unspecified atom stereocenters. The number of nitrogens with one attached hydrogen (secondary N) is 1. The molecule has 2 aromatic carbocycles. The largest absolute Gasteiger partial charge is 0.338 e. The zero-order valence-electron chi connectivity index (χ0n) is 13.7. The fraction of sp³-hybridized carbons (Fsp3) is 0.176. The van der Waals surface area contributed by atoms with Gasteiger partial charge in [-0.2, -0.15) is 4.98 Å². The molecule has 0 saturated heterocycles. The molecule has 0 aliphatic carbocycles. The van der Waals surface area contributed by atoms with Gasteiger partial charge in [0.25, 0.3) is 0 Å². The molecule has 0 spiro atoms. The first-order valence-corrected chi connectivity index (χ1v) is 8.99. The number of benzene rings is 2. The number of rotatable bonds is 5. The Kier molecular flexibility index (Phi) is 4.65. The molecule has 0 atom stereocenters. The molecule has 0 bridgehead atoms. The molecule has 1 heterocycles. The first-order valence-electron chi connectivity index (χ1n) is 7.51. The van der Waals surface area contributed by atoms with Crippen molar-refractivity contribution in [2.75, 3.05) is 0 Å². The molecule has 6 nitrogen and oxygen atoms in total. The van der Waals surface area contributed by atoms with Gasteiger partial charge in [0.15, 0.2) is 0 Å². The minimum absolute atomic E-state index is 0.0483. The number of hydrogen-bond acceptors (Lipinski definition) is 5. The molecule has 0 aliphatic rings. The average molecular weight is 361 g/mol. The van der Waals surface area contributed by atoms with Gasteiger partial charge in [-0.3, -0.25) is 0 Å². The van der Waals surface area contributed by atoms with E-state index in [-0.39, 0.29) is 28.7 Å². The molecule has 0 radical (unpaired) electrons. The van der Waals surface area contributed by atoms with E-state index in [1.807, 2.05) is 13.0 Å². The molecule has 1 aromatic heterocycles. The number of aryl methyl sites for hydroxylation is 2. The van der Waals surface area contributed by atoms with Crippen LogP contribution in [0.1, 0.15) is 17.0 Å². The van der Waals surface area contributed by atoms with Crippen molar-refractivity contribution in [3.63, 3.8) is 0 Å². The summed E-state index contributed by atoms with van der Waals surface area (Å²) in [7, 11) is -3.73. The van der Waals surface area contributed by atoms with E-state index in [2.05, 4.69) is 14.9 Å². The number of nitrogens with zero attached hydrogens (tertiary/aromatic N) is 2. The van der Waals surface area contributed by atoms with Crippen LogP contribution in [0.15, 0.2) is 51.9 Å². The van der Waals surface area contributed by atoms with Crippen molar-refractivity contribution in [3.05, 3.63) is 65.3 Å². The lowest BCUT2D eigenvalue weighted by atomic mass is 10.2. The van der Waals surface area contributed by atoms with Crippen LogP contribution in [-0.2, 0) is 16.6 Å². The Morgan fingerprint density at radius 3 is 2.68 bits per heavy atom. The van der Waals surface area contributed by atoms with Gasteiger partial charge in [0.05, 0.1) is 17.0 Å². The van der Waals surface area contributed by atoms with E-state index in [0.717, 1.165) is 5.56 Å². The molecule has 1 N–H and O–H groups in total. The minimum Gasteiger partial charge on any atom is -0.338 e. The molecule has 8 heteroatoms. The normalized spacial score (nSPS) is 11.6. The van der Waals surface area contributed by atoms with Crippen molar-refractivity contribution in [2.24, 2.45) is 0 Å². The van der Waals surface area contributed by atoms with Crippen LogP contribution in [0.3, 0.4) is 0 Å². The number of aromatic nitrogens is 2. The van der Waals surface area contributed by atoms with E-state index in [9.17, 15) is 12.8 Å². The molecule has 0 saturated carbocycles. The Morgan fingerprint density at radius 1 is 1.16 bits per heavy atom. The lowest BCUT2D eigenvalue weighted by molar-refractivity contribution is 0.375. The topological polar surface area (TPSA) is 85.1 Å². The highest BCUT2D eigenvalue weighted by Gasteiger charge is 2.19. The molecule has 0 aliphatic heterocycles. The Labute approximate surface area is 144 Å². The Bertz CT molecular complexity index is 1020. The van der Waals surface area contributed by atoms with Gasteiger partial charge in [-0.25, -0.2) is 17.5 Å². The molecule has 0 amide bonds. The fourth-order valence-electron chi connectivity index (χ4n) is 2.31. The van der Waals surface area contributed by atoms with Crippen LogP contribution in [0.2, 0.25) is 0 Å². The zero-order chi connectivity index (χ0) is 18.0. The van der Waals surface area contributed by atoms with Gasteiger partial charge in [0.2, 0.25) is 21.7 Å². The van der Waals surface area contributed by atoms with E-state index >= 15 is 0 Å². The van der Waals surface area contributed by atoms with Gasteiger partial charge >= 0.3 is 0 Å². The fourth-order valence-corrected chi connectivity index (χ4v) is 3.61. The second kappa shape index (κ2) is 6.73. The third kappa shape index (κ3) is 3.75. The SMILES string of the molecule is Cc1ccc(C)c(S(=O)(=O)NCc2nc(-c3ccccc3F)no2)c1. The Balaban J connectivity index is 1.78. The molecule has 25 heavy (non-hydrogen) atoms. The van der Waals surface area contributed by atoms with Gasteiger partial charge in [-0.1, -0.05) is 29.4 Å². The highest BCUT2D eigenvalue weighted by Crippen LogP contribution is 2.20. The van der Waals surface area contributed by atoms with Crippen LogP contribution in [-0.4, -0.2) is 18.6 Å². The molecule has 3 aromatic rings. The molecule has 3 rings (SSSR count). The molecular formula is C17H16FN3O3S. The third-order valence-electron chi connectivity index (χ3n) is 3.63. The van der Waals surface area contributed by atoms with E-state index in [1.165, 1.54) is 12.1 Å². The monoisotopic (exact) mass is 361 g/mol. The second-order valence-corrected chi connectivity index (χ2v) is 7.32. The third-order valence-corrected chi connectivity index (χ3v) is 5.17. The predicted molar refractivity (Wildman–Crippen MR) is 89.6 cm³/mol. The maximum atomic E-state index is 13.7. The standard InChI is InChI=1S/C17H16FN3O3S/c1-11-7-8-12(2)15(9-11)25(22,23)19-10-16-20-17(21-24-16)13-5-3-4-6-14(13)18/h3-9,19H,10H2,1-2H3. The van der Waals surface area contributed by atoms with Gasteiger partial charge in [-0.15, -0.1) is 0 Å². The summed E-state index contributed by atoms with van der Waals surface area (Å²) in [6.45, 7) is 3.35. The quantitative estimate of drug-likeness (QED) is 0.755. The van der Waals surface area contributed by atoms with Crippen LogP contribution in [0.4, 0.5) is 4.39 Å². The summed E-state index contributed by atoms with van der Waals surface area (Å²) in [6, 6.07) is 11.2. The lowest BCUT2D eigenvalue weighted by Crippen LogP contribution is -2.24. The summed E-state index contributed by atoms with van der Waals surface area (Å²) in [5.41, 5.74) is 1.66. The molecule has 130 valence electrons. The number of hydrogen-bond donors (Lipinski definition) is 1. The highest BCUT2D eigenvalue weighted by molar-refractivity contribution is 7.89. The van der Waals surface area contributed by atoms with Crippen LogP contribution < -0.4 is 4.72 Å². The van der Waals surface area contributed by atoms with Crippen LogP contribution in [0.5, 0.6) is 0 Å². The summed E-state index contributed by atoms with van der Waals surface area (Å²) < 4.78 is 46.1.